The SMILES string of the molecule is CCC(C)(Bc1ccccn1)CC. The van der Waals surface area contributed by atoms with Crippen LogP contribution < -0.4 is 5.59 Å². The first-order valence-electron chi connectivity index (χ1n) is 5.10. The van der Waals surface area contributed by atoms with Gasteiger partial charge in [-0.3, -0.25) is 4.98 Å². The van der Waals surface area contributed by atoms with Gasteiger partial charge in [-0.05, 0) is 6.07 Å². The normalized spacial score (nSPS) is 11.3. The highest BCUT2D eigenvalue weighted by Gasteiger charge is 2.22. The summed E-state index contributed by atoms with van der Waals surface area (Å²) in [7, 11) is 1.10. The summed E-state index contributed by atoms with van der Waals surface area (Å²) in [4.78, 5) is 4.36. The van der Waals surface area contributed by atoms with Gasteiger partial charge in [0, 0.05) is 11.8 Å². The molecule has 1 aromatic rings. The average molecular weight is 175 g/mol. The van der Waals surface area contributed by atoms with Crippen molar-refractivity contribution in [1.82, 2.24) is 4.98 Å². The van der Waals surface area contributed by atoms with Crippen LogP contribution >= 0.6 is 0 Å². The molecule has 1 rings (SSSR count). The summed E-state index contributed by atoms with van der Waals surface area (Å²) in [6.07, 6.45) is 4.32. The molecule has 0 saturated carbocycles. The maximum absolute atomic E-state index is 4.36. The first-order valence-corrected chi connectivity index (χ1v) is 5.10. The third-order valence-electron chi connectivity index (χ3n) is 3.04. The van der Waals surface area contributed by atoms with Crippen molar-refractivity contribution in [2.75, 3.05) is 0 Å². The fraction of sp³-hybridized carbons (Fsp3) is 0.545. The molecule has 0 saturated heterocycles. The summed E-state index contributed by atoms with van der Waals surface area (Å²) >= 11 is 0. The summed E-state index contributed by atoms with van der Waals surface area (Å²) < 4.78 is 0. The molecule has 0 aliphatic heterocycles. The van der Waals surface area contributed by atoms with Gasteiger partial charge in [0.1, 0.15) is 0 Å². The van der Waals surface area contributed by atoms with E-state index in [0.717, 1.165) is 7.28 Å². The van der Waals surface area contributed by atoms with Gasteiger partial charge in [0.05, 0.1) is 0 Å². The van der Waals surface area contributed by atoms with Crippen LogP contribution in [0.5, 0.6) is 0 Å². The standard InChI is InChI=1S/C11H18BN/c1-4-11(3,5-2)12-10-8-6-7-9-13-10/h6-9,12H,4-5H2,1-3H3. The molecule has 0 aliphatic rings. The van der Waals surface area contributed by atoms with E-state index in [1.807, 2.05) is 12.3 Å². The number of hydrogen-bond acceptors (Lipinski definition) is 1. The molecule has 0 unspecified atom stereocenters. The van der Waals surface area contributed by atoms with Crippen LogP contribution in [0.3, 0.4) is 0 Å². The third kappa shape index (κ3) is 2.87. The lowest BCUT2D eigenvalue weighted by atomic mass is 9.49. The summed E-state index contributed by atoms with van der Waals surface area (Å²) in [5, 5.41) is 0.425. The van der Waals surface area contributed by atoms with Gasteiger partial charge in [0.15, 0.2) is 7.28 Å². The van der Waals surface area contributed by atoms with Crippen molar-refractivity contribution in [1.29, 1.82) is 0 Å². The molecule has 0 radical (unpaired) electrons. The van der Waals surface area contributed by atoms with E-state index in [9.17, 15) is 0 Å². The summed E-state index contributed by atoms with van der Waals surface area (Å²) in [5.41, 5.74) is 1.22. The van der Waals surface area contributed by atoms with Crippen LogP contribution in [-0.2, 0) is 0 Å². The number of aromatic nitrogens is 1. The van der Waals surface area contributed by atoms with Crippen molar-refractivity contribution in [3.8, 4) is 0 Å². The van der Waals surface area contributed by atoms with E-state index in [-0.39, 0.29) is 0 Å². The molecule has 1 aromatic heterocycles. The Kier molecular flexibility index (Phi) is 3.53. The number of pyridine rings is 1. The van der Waals surface area contributed by atoms with Gasteiger partial charge in [0.2, 0.25) is 0 Å². The minimum Gasteiger partial charge on any atom is -0.272 e. The molecule has 0 bridgehead atoms. The Hall–Kier alpha value is -0.785. The summed E-state index contributed by atoms with van der Waals surface area (Å²) in [5.74, 6) is 0. The maximum atomic E-state index is 4.36. The molecular weight excluding hydrogens is 157 g/mol. The second-order valence-electron chi connectivity index (χ2n) is 4.02. The first-order chi connectivity index (χ1) is 6.20. The minimum absolute atomic E-state index is 0.425. The predicted molar refractivity (Wildman–Crippen MR) is 60.0 cm³/mol. The van der Waals surface area contributed by atoms with E-state index < -0.39 is 0 Å². The Morgan fingerprint density at radius 2 is 2.00 bits per heavy atom. The van der Waals surface area contributed by atoms with Crippen molar-refractivity contribution in [3.05, 3.63) is 24.4 Å². The van der Waals surface area contributed by atoms with Gasteiger partial charge in [-0.25, -0.2) is 0 Å². The Morgan fingerprint density at radius 1 is 1.31 bits per heavy atom. The van der Waals surface area contributed by atoms with Gasteiger partial charge in [0.25, 0.3) is 0 Å². The van der Waals surface area contributed by atoms with Crippen LogP contribution in [-0.4, -0.2) is 12.3 Å². The van der Waals surface area contributed by atoms with Crippen LogP contribution in [0, 0.1) is 0 Å². The molecule has 0 N–H and O–H groups in total. The van der Waals surface area contributed by atoms with E-state index in [1.54, 1.807) is 0 Å². The molecule has 1 nitrogen and oxygen atoms in total. The molecule has 2 heteroatoms. The van der Waals surface area contributed by atoms with Crippen molar-refractivity contribution >= 4 is 12.9 Å². The average Bonchev–Trinajstić information content (AvgIpc) is 2.19. The second-order valence-corrected chi connectivity index (χ2v) is 4.02. The quantitative estimate of drug-likeness (QED) is 0.639. The third-order valence-corrected chi connectivity index (χ3v) is 3.04. The monoisotopic (exact) mass is 175 g/mol. The van der Waals surface area contributed by atoms with Gasteiger partial charge >= 0.3 is 0 Å². The number of rotatable bonds is 4. The zero-order chi connectivity index (χ0) is 9.73. The minimum atomic E-state index is 0.425. The molecule has 1 heterocycles. The Balaban J connectivity index is 2.68. The van der Waals surface area contributed by atoms with Gasteiger partial charge in [-0.1, -0.05) is 51.1 Å². The second kappa shape index (κ2) is 4.45. The fourth-order valence-corrected chi connectivity index (χ4v) is 1.44. The zero-order valence-electron chi connectivity index (χ0n) is 8.88. The van der Waals surface area contributed by atoms with Crippen LogP contribution in [0.2, 0.25) is 5.31 Å². The van der Waals surface area contributed by atoms with Crippen molar-refractivity contribution in [2.45, 2.75) is 38.9 Å². The highest BCUT2D eigenvalue weighted by Crippen LogP contribution is 2.31. The zero-order valence-corrected chi connectivity index (χ0v) is 8.88. The predicted octanol–water partition coefficient (Wildman–Crippen LogP) is 2.14. The number of nitrogens with zero attached hydrogens (tertiary/aromatic N) is 1. The van der Waals surface area contributed by atoms with E-state index in [2.05, 4.69) is 37.9 Å². The van der Waals surface area contributed by atoms with E-state index in [1.165, 1.54) is 18.4 Å². The van der Waals surface area contributed by atoms with E-state index in [0.29, 0.717) is 5.31 Å². The Morgan fingerprint density at radius 3 is 2.46 bits per heavy atom. The smallest absolute Gasteiger partial charge is 0.188 e. The van der Waals surface area contributed by atoms with Gasteiger partial charge < -0.3 is 0 Å². The molecule has 0 atom stereocenters. The van der Waals surface area contributed by atoms with Crippen LogP contribution in [0.4, 0.5) is 0 Å². The van der Waals surface area contributed by atoms with Crippen LogP contribution in [0.25, 0.3) is 0 Å². The Bertz CT molecular complexity index is 242. The van der Waals surface area contributed by atoms with E-state index in [4.69, 9.17) is 0 Å². The van der Waals surface area contributed by atoms with Crippen LogP contribution in [0.15, 0.2) is 24.4 Å². The lowest BCUT2D eigenvalue weighted by Gasteiger charge is -2.24. The van der Waals surface area contributed by atoms with Gasteiger partial charge in [-0.2, -0.15) is 0 Å². The lowest BCUT2D eigenvalue weighted by Crippen LogP contribution is -2.28. The molecule has 0 spiro atoms. The van der Waals surface area contributed by atoms with Crippen molar-refractivity contribution < 1.29 is 0 Å². The maximum Gasteiger partial charge on any atom is 0.188 e. The topological polar surface area (TPSA) is 12.9 Å². The summed E-state index contributed by atoms with van der Waals surface area (Å²) in [6.45, 7) is 6.85. The van der Waals surface area contributed by atoms with Crippen LogP contribution in [0.1, 0.15) is 33.6 Å². The van der Waals surface area contributed by atoms with Gasteiger partial charge in [-0.15, -0.1) is 0 Å². The highest BCUT2D eigenvalue weighted by molar-refractivity contribution is 6.55. The Labute approximate surface area is 81.8 Å². The largest absolute Gasteiger partial charge is 0.272 e. The fourth-order valence-electron chi connectivity index (χ4n) is 1.44. The van der Waals surface area contributed by atoms with Crippen molar-refractivity contribution in [2.24, 2.45) is 0 Å². The molecular formula is C11H18BN. The molecule has 0 aromatic carbocycles. The number of hydrogen-bond donors (Lipinski definition) is 0. The molecule has 0 amide bonds. The van der Waals surface area contributed by atoms with Crippen molar-refractivity contribution in [3.63, 3.8) is 0 Å². The summed E-state index contributed by atoms with van der Waals surface area (Å²) in [6, 6.07) is 6.15. The lowest BCUT2D eigenvalue weighted by molar-refractivity contribution is 0.565. The molecule has 0 aliphatic carbocycles. The highest BCUT2D eigenvalue weighted by atomic mass is 14.6. The molecule has 0 fully saturated rings. The molecule has 13 heavy (non-hydrogen) atoms. The first kappa shape index (κ1) is 10.3. The molecule has 70 valence electrons. The van der Waals surface area contributed by atoms with E-state index >= 15 is 0 Å².